The van der Waals surface area contributed by atoms with Crippen LogP contribution in [-0.2, 0) is 24.2 Å². The molecule has 1 amide bonds. The van der Waals surface area contributed by atoms with Crippen molar-refractivity contribution in [2.24, 2.45) is 0 Å². The number of carbonyl (C=O) groups excluding carboxylic acids is 1. The molecule has 9 nitrogen and oxygen atoms in total. The third-order valence-electron chi connectivity index (χ3n) is 5.26. The molecular weight excluding hydrogens is 430 g/mol. The smallest absolute Gasteiger partial charge is 0.320 e. The lowest BCUT2D eigenvalue weighted by molar-refractivity contribution is -0.383. The van der Waals surface area contributed by atoms with Gasteiger partial charge in [-0.25, -0.2) is 4.79 Å². The van der Waals surface area contributed by atoms with Crippen LogP contribution in [0.1, 0.15) is 29.7 Å². The van der Waals surface area contributed by atoms with Crippen LogP contribution in [0.15, 0.2) is 58.6 Å². The number of nitrogens with zero attached hydrogens (tertiary/aromatic N) is 4. The molecule has 0 saturated carbocycles. The molecule has 32 heavy (non-hydrogen) atoms. The maximum atomic E-state index is 12.8. The van der Waals surface area contributed by atoms with Gasteiger partial charge in [0.15, 0.2) is 0 Å². The predicted molar refractivity (Wildman–Crippen MR) is 121 cm³/mol. The van der Waals surface area contributed by atoms with Crippen LogP contribution < -0.4 is 11.0 Å². The summed E-state index contributed by atoms with van der Waals surface area (Å²) in [6.45, 7) is 0.430. The highest BCUT2D eigenvalue weighted by atomic mass is 32.2. The van der Waals surface area contributed by atoms with Crippen LogP contribution in [0.3, 0.4) is 0 Å². The summed E-state index contributed by atoms with van der Waals surface area (Å²) in [6.07, 6.45) is 6.97. The topological polar surface area (TPSA) is 120 Å². The zero-order valence-electron chi connectivity index (χ0n) is 17.2. The standard InChI is InChI=1S/C22H21N5O4S/c28-20(24-17-6-2-4-8-19(17)27(30)31)14-32-21-16-5-1-3-7-18(16)26(22(29)25-21)13-15-9-11-23-12-10-15/h2,4,6,8-12H,1,3,5,7,13-14H2,(H,24,28). The Hall–Kier alpha value is -3.53. The second kappa shape index (κ2) is 9.73. The molecule has 0 atom stereocenters. The van der Waals surface area contributed by atoms with E-state index in [4.69, 9.17) is 0 Å². The quantitative estimate of drug-likeness (QED) is 0.253. The first-order valence-corrected chi connectivity index (χ1v) is 11.2. The molecule has 1 aliphatic carbocycles. The third-order valence-corrected chi connectivity index (χ3v) is 6.27. The molecule has 1 N–H and O–H groups in total. The number of amides is 1. The molecule has 2 heterocycles. The highest BCUT2D eigenvalue weighted by Crippen LogP contribution is 2.29. The molecule has 2 aromatic heterocycles. The first kappa shape index (κ1) is 21.7. The molecule has 0 unspecified atom stereocenters. The van der Waals surface area contributed by atoms with Crippen LogP contribution >= 0.6 is 11.8 Å². The summed E-state index contributed by atoms with van der Waals surface area (Å²) in [4.78, 5) is 44.2. The second-order valence-corrected chi connectivity index (χ2v) is 8.35. The number of hydrogen-bond donors (Lipinski definition) is 1. The number of carbonyl (C=O) groups is 1. The lowest BCUT2D eigenvalue weighted by atomic mass is 9.97. The monoisotopic (exact) mass is 451 g/mol. The molecule has 1 aliphatic rings. The fraction of sp³-hybridized carbons (Fsp3) is 0.273. The molecule has 0 bridgehead atoms. The molecule has 0 aliphatic heterocycles. The van der Waals surface area contributed by atoms with Crippen LogP contribution in [-0.4, -0.2) is 31.1 Å². The van der Waals surface area contributed by atoms with Gasteiger partial charge >= 0.3 is 5.69 Å². The number of rotatable bonds is 7. The van der Waals surface area contributed by atoms with Crippen molar-refractivity contribution < 1.29 is 9.72 Å². The maximum absolute atomic E-state index is 12.8. The Bertz CT molecular complexity index is 1210. The Balaban J connectivity index is 1.53. The van der Waals surface area contributed by atoms with Crippen molar-refractivity contribution in [2.45, 2.75) is 37.3 Å². The van der Waals surface area contributed by atoms with Gasteiger partial charge in [0.05, 0.1) is 17.2 Å². The predicted octanol–water partition coefficient (Wildman–Crippen LogP) is 3.20. The average Bonchev–Trinajstić information content (AvgIpc) is 2.80. The Labute approximate surface area is 188 Å². The second-order valence-electron chi connectivity index (χ2n) is 7.38. The van der Waals surface area contributed by atoms with Gasteiger partial charge in [0.25, 0.3) is 5.69 Å². The molecule has 0 fully saturated rings. The van der Waals surface area contributed by atoms with Gasteiger partial charge in [-0.15, -0.1) is 0 Å². The minimum atomic E-state index is -0.539. The van der Waals surface area contributed by atoms with Crippen LogP contribution in [0.4, 0.5) is 11.4 Å². The number of anilines is 1. The van der Waals surface area contributed by atoms with Crippen LogP contribution in [0.25, 0.3) is 0 Å². The van der Waals surface area contributed by atoms with Gasteiger partial charge in [-0.05, 0) is 49.4 Å². The number of fused-ring (bicyclic) bond motifs is 1. The van der Waals surface area contributed by atoms with E-state index in [-0.39, 0.29) is 22.8 Å². The molecule has 0 radical (unpaired) electrons. The van der Waals surface area contributed by atoms with Crippen molar-refractivity contribution in [2.75, 3.05) is 11.1 Å². The molecule has 10 heteroatoms. The Morgan fingerprint density at radius 3 is 2.69 bits per heavy atom. The summed E-state index contributed by atoms with van der Waals surface area (Å²) < 4.78 is 1.71. The third kappa shape index (κ3) is 4.86. The lowest BCUT2D eigenvalue weighted by Crippen LogP contribution is -2.30. The van der Waals surface area contributed by atoms with Gasteiger partial charge in [0.1, 0.15) is 10.7 Å². The summed E-state index contributed by atoms with van der Waals surface area (Å²) in [5.74, 6) is -0.393. The highest BCUT2D eigenvalue weighted by molar-refractivity contribution is 8.00. The van der Waals surface area contributed by atoms with Gasteiger partial charge in [-0.3, -0.25) is 24.5 Å². The summed E-state index contributed by atoms with van der Waals surface area (Å²) in [7, 11) is 0. The van der Waals surface area contributed by atoms with E-state index in [1.807, 2.05) is 12.1 Å². The van der Waals surface area contributed by atoms with Crippen molar-refractivity contribution in [3.8, 4) is 0 Å². The van der Waals surface area contributed by atoms with Gasteiger partial charge in [0.2, 0.25) is 5.91 Å². The normalized spacial score (nSPS) is 12.8. The number of hydrogen-bond acceptors (Lipinski definition) is 7. The van der Waals surface area contributed by atoms with E-state index < -0.39 is 10.8 Å². The number of nitro groups is 1. The van der Waals surface area contributed by atoms with Crippen molar-refractivity contribution >= 4 is 29.0 Å². The Morgan fingerprint density at radius 2 is 1.91 bits per heavy atom. The largest absolute Gasteiger partial charge is 0.349 e. The van der Waals surface area contributed by atoms with Crippen LogP contribution in [0.5, 0.6) is 0 Å². The lowest BCUT2D eigenvalue weighted by Gasteiger charge is -2.22. The fourth-order valence-electron chi connectivity index (χ4n) is 3.76. The van der Waals surface area contributed by atoms with Crippen molar-refractivity contribution in [1.29, 1.82) is 0 Å². The number of pyridine rings is 1. The van der Waals surface area contributed by atoms with E-state index in [1.165, 1.54) is 23.9 Å². The van der Waals surface area contributed by atoms with Crippen molar-refractivity contribution in [3.05, 3.63) is 86.2 Å². The minimum absolute atomic E-state index is 0.000698. The average molecular weight is 452 g/mol. The van der Waals surface area contributed by atoms with Gasteiger partial charge in [-0.2, -0.15) is 4.98 Å². The molecule has 0 spiro atoms. The summed E-state index contributed by atoms with van der Waals surface area (Å²) in [6, 6.07) is 9.73. The minimum Gasteiger partial charge on any atom is -0.320 e. The zero-order chi connectivity index (χ0) is 22.5. The van der Waals surface area contributed by atoms with E-state index in [2.05, 4.69) is 15.3 Å². The summed E-state index contributed by atoms with van der Waals surface area (Å²) in [5, 5.41) is 14.3. The molecule has 1 aromatic carbocycles. The zero-order valence-corrected chi connectivity index (χ0v) is 18.0. The van der Waals surface area contributed by atoms with E-state index in [9.17, 15) is 19.7 Å². The van der Waals surface area contributed by atoms with Crippen molar-refractivity contribution in [3.63, 3.8) is 0 Å². The van der Waals surface area contributed by atoms with E-state index >= 15 is 0 Å². The van der Waals surface area contributed by atoms with Gasteiger partial charge < -0.3 is 5.32 Å². The van der Waals surface area contributed by atoms with E-state index in [1.54, 1.807) is 29.1 Å². The summed E-state index contributed by atoms with van der Waals surface area (Å²) in [5.41, 5.74) is 2.58. The Kier molecular flexibility index (Phi) is 6.60. The van der Waals surface area contributed by atoms with Crippen molar-refractivity contribution in [1.82, 2.24) is 14.5 Å². The number of nitrogens with one attached hydrogen (secondary N) is 1. The van der Waals surface area contributed by atoms with Gasteiger partial charge in [0, 0.05) is 29.7 Å². The fourth-order valence-corrected chi connectivity index (χ4v) is 4.64. The maximum Gasteiger partial charge on any atom is 0.349 e. The number of aromatic nitrogens is 3. The summed E-state index contributed by atoms with van der Waals surface area (Å²) >= 11 is 1.19. The number of thioether (sulfide) groups is 1. The molecule has 164 valence electrons. The van der Waals surface area contributed by atoms with Gasteiger partial charge in [-0.1, -0.05) is 23.9 Å². The molecular formula is C22H21N5O4S. The number of para-hydroxylation sites is 2. The highest BCUT2D eigenvalue weighted by Gasteiger charge is 2.22. The van der Waals surface area contributed by atoms with Crippen LogP contribution in [0, 0.1) is 10.1 Å². The first-order chi connectivity index (χ1) is 15.5. The molecule has 0 saturated heterocycles. The molecule has 3 aromatic rings. The first-order valence-electron chi connectivity index (χ1n) is 10.2. The molecule has 4 rings (SSSR count). The number of nitro benzene ring substituents is 1. The SMILES string of the molecule is O=C(CSc1nc(=O)n(Cc2ccncc2)c2c1CCCC2)Nc1ccccc1[N+](=O)[O-]. The number of benzene rings is 1. The van der Waals surface area contributed by atoms with E-state index in [0.29, 0.717) is 11.6 Å². The van der Waals surface area contributed by atoms with Crippen LogP contribution in [0.2, 0.25) is 0 Å². The Morgan fingerprint density at radius 1 is 1.16 bits per heavy atom. The van der Waals surface area contributed by atoms with E-state index in [0.717, 1.165) is 42.5 Å².